The molecule has 0 aliphatic heterocycles. The largest absolute Gasteiger partial charge is 0.394 e. The highest BCUT2D eigenvalue weighted by Crippen LogP contribution is 2.15. The molecular weight excluding hydrogens is 226 g/mol. The first kappa shape index (κ1) is 13.5. The number of aryl methyl sites for hydroxylation is 2. The lowest BCUT2D eigenvalue weighted by Crippen LogP contribution is -2.47. The number of rotatable bonds is 6. The smallest absolute Gasteiger partial charge is 0.0795 e. The molecular formula is C12H18ClNO2. The van der Waals surface area contributed by atoms with Gasteiger partial charge in [-0.3, -0.25) is 0 Å². The molecule has 0 aromatic heterocycles. The molecule has 3 nitrogen and oxygen atoms in total. The summed E-state index contributed by atoms with van der Waals surface area (Å²) in [6, 6.07) is 8.18. The molecule has 0 fully saturated rings. The number of benzene rings is 1. The lowest BCUT2D eigenvalue weighted by atomic mass is 9.94. The predicted octanol–water partition coefficient (Wildman–Crippen LogP) is 1.39. The molecule has 90 valence electrons. The summed E-state index contributed by atoms with van der Waals surface area (Å²) in [6.45, 7) is 1.67. The van der Waals surface area contributed by atoms with Crippen molar-refractivity contribution in [2.45, 2.75) is 25.3 Å². The van der Waals surface area contributed by atoms with Gasteiger partial charge in [0.2, 0.25) is 0 Å². The Bertz CT molecular complexity index is 301. The van der Waals surface area contributed by atoms with Crippen molar-refractivity contribution in [2.24, 2.45) is 0 Å². The Kier molecular flexibility index (Phi) is 5.22. The summed E-state index contributed by atoms with van der Waals surface area (Å²) < 4.78 is 0. The van der Waals surface area contributed by atoms with E-state index in [1.165, 1.54) is 11.1 Å². The van der Waals surface area contributed by atoms with E-state index >= 15 is 0 Å². The molecule has 0 amide bonds. The first-order valence-corrected chi connectivity index (χ1v) is 5.68. The Labute approximate surface area is 101 Å². The van der Waals surface area contributed by atoms with Gasteiger partial charge in [-0.15, -0.1) is 0 Å². The zero-order valence-corrected chi connectivity index (χ0v) is 10.2. The van der Waals surface area contributed by atoms with Gasteiger partial charge >= 0.3 is 0 Å². The minimum absolute atomic E-state index is 0.182. The van der Waals surface area contributed by atoms with Crippen LogP contribution in [-0.2, 0) is 6.42 Å². The quantitative estimate of drug-likeness (QED) is 0.662. The van der Waals surface area contributed by atoms with Gasteiger partial charge in [0.1, 0.15) is 0 Å². The van der Waals surface area contributed by atoms with Crippen molar-refractivity contribution in [3.8, 4) is 0 Å². The number of halogens is 1. The van der Waals surface area contributed by atoms with Gasteiger partial charge < -0.3 is 10.2 Å². The van der Waals surface area contributed by atoms with Crippen LogP contribution in [0.4, 0.5) is 0 Å². The van der Waals surface area contributed by atoms with Crippen LogP contribution in [0.15, 0.2) is 24.3 Å². The van der Waals surface area contributed by atoms with Gasteiger partial charge in [-0.25, -0.2) is 4.84 Å². The summed E-state index contributed by atoms with van der Waals surface area (Å²) in [7, 11) is 0. The third-order valence-electron chi connectivity index (χ3n) is 2.82. The zero-order valence-electron chi connectivity index (χ0n) is 9.41. The summed E-state index contributed by atoms with van der Waals surface area (Å²) >= 11 is 5.55. The van der Waals surface area contributed by atoms with Gasteiger partial charge in [0.25, 0.3) is 0 Å². The predicted molar refractivity (Wildman–Crippen MR) is 65.4 cm³/mol. The Morgan fingerprint density at radius 1 is 1.19 bits per heavy atom. The number of hydrogen-bond acceptors (Lipinski definition) is 3. The minimum Gasteiger partial charge on any atom is -0.394 e. The van der Waals surface area contributed by atoms with Crippen LogP contribution >= 0.6 is 11.8 Å². The SMILES string of the molecule is Cc1ccc(CCC(CO)(CO)NCl)cc1. The highest BCUT2D eigenvalue weighted by Gasteiger charge is 2.27. The standard InChI is InChI=1S/C12H18ClNO2/c1-10-2-4-11(5-3-10)6-7-12(8-15,9-16)14-13/h2-5,14-16H,6-9H2,1H3. The second-order valence-corrected chi connectivity index (χ2v) is 4.37. The highest BCUT2D eigenvalue weighted by atomic mass is 35.5. The van der Waals surface area contributed by atoms with Crippen LogP contribution < -0.4 is 4.84 Å². The van der Waals surface area contributed by atoms with Crippen molar-refractivity contribution in [3.63, 3.8) is 0 Å². The van der Waals surface area contributed by atoms with Crippen LogP contribution in [0.1, 0.15) is 17.5 Å². The fraction of sp³-hybridized carbons (Fsp3) is 0.500. The van der Waals surface area contributed by atoms with Gasteiger partial charge in [-0.05, 0) is 37.1 Å². The van der Waals surface area contributed by atoms with E-state index in [1.54, 1.807) is 0 Å². The second-order valence-electron chi connectivity index (χ2n) is 4.18. The summed E-state index contributed by atoms with van der Waals surface area (Å²) in [5.41, 5.74) is 1.59. The van der Waals surface area contributed by atoms with E-state index in [9.17, 15) is 10.2 Å². The minimum atomic E-state index is -0.799. The molecule has 0 atom stereocenters. The molecule has 0 unspecified atom stereocenters. The lowest BCUT2D eigenvalue weighted by Gasteiger charge is -2.27. The van der Waals surface area contributed by atoms with Crippen molar-refractivity contribution < 1.29 is 10.2 Å². The van der Waals surface area contributed by atoms with Gasteiger partial charge in [0, 0.05) is 0 Å². The zero-order chi connectivity index (χ0) is 12.0. The number of hydrogen-bond donors (Lipinski definition) is 3. The summed E-state index contributed by atoms with van der Waals surface area (Å²) in [6.07, 6.45) is 1.35. The van der Waals surface area contributed by atoms with E-state index < -0.39 is 5.54 Å². The molecule has 0 saturated carbocycles. The molecule has 3 N–H and O–H groups in total. The molecule has 0 saturated heterocycles. The van der Waals surface area contributed by atoms with Gasteiger partial charge in [0.15, 0.2) is 0 Å². The Morgan fingerprint density at radius 3 is 2.19 bits per heavy atom. The molecule has 1 aromatic rings. The van der Waals surface area contributed by atoms with Crippen molar-refractivity contribution >= 4 is 11.8 Å². The first-order valence-electron chi connectivity index (χ1n) is 5.31. The average Bonchev–Trinajstić information content (AvgIpc) is 2.34. The van der Waals surface area contributed by atoms with Gasteiger partial charge in [0.05, 0.1) is 18.8 Å². The average molecular weight is 244 g/mol. The second kappa shape index (κ2) is 6.21. The van der Waals surface area contributed by atoms with E-state index in [2.05, 4.69) is 4.84 Å². The van der Waals surface area contributed by atoms with Crippen molar-refractivity contribution in [1.29, 1.82) is 0 Å². The molecule has 1 rings (SSSR count). The third kappa shape index (κ3) is 3.46. The van der Waals surface area contributed by atoms with Crippen molar-refractivity contribution in [3.05, 3.63) is 35.4 Å². The molecule has 0 aliphatic rings. The fourth-order valence-electron chi connectivity index (χ4n) is 1.45. The van der Waals surface area contributed by atoms with Crippen LogP contribution in [-0.4, -0.2) is 29.0 Å². The molecule has 4 heteroatoms. The summed E-state index contributed by atoms with van der Waals surface area (Å²) in [4.78, 5) is 2.47. The molecule has 0 bridgehead atoms. The lowest BCUT2D eigenvalue weighted by molar-refractivity contribution is 0.103. The number of nitrogens with one attached hydrogen (secondary N) is 1. The molecule has 0 spiro atoms. The maximum atomic E-state index is 9.19. The topological polar surface area (TPSA) is 52.5 Å². The van der Waals surface area contributed by atoms with Crippen molar-refractivity contribution in [1.82, 2.24) is 4.84 Å². The third-order valence-corrected chi connectivity index (χ3v) is 3.22. The maximum Gasteiger partial charge on any atom is 0.0795 e. The summed E-state index contributed by atoms with van der Waals surface area (Å²) in [5, 5.41) is 18.4. The molecule has 16 heavy (non-hydrogen) atoms. The Balaban J connectivity index is 2.58. The number of aliphatic hydroxyl groups excluding tert-OH is 2. The van der Waals surface area contributed by atoms with Gasteiger partial charge in [-0.2, -0.15) is 0 Å². The van der Waals surface area contributed by atoms with Crippen LogP contribution in [0.5, 0.6) is 0 Å². The van der Waals surface area contributed by atoms with E-state index in [0.717, 1.165) is 6.42 Å². The first-order chi connectivity index (χ1) is 7.65. The molecule has 1 aromatic carbocycles. The summed E-state index contributed by atoms with van der Waals surface area (Å²) in [5.74, 6) is 0. The van der Waals surface area contributed by atoms with Crippen molar-refractivity contribution in [2.75, 3.05) is 13.2 Å². The van der Waals surface area contributed by atoms with Crippen LogP contribution in [0, 0.1) is 6.92 Å². The molecule has 0 aliphatic carbocycles. The Morgan fingerprint density at radius 2 is 1.75 bits per heavy atom. The van der Waals surface area contributed by atoms with Crippen LogP contribution in [0.3, 0.4) is 0 Å². The Hall–Kier alpha value is -0.610. The van der Waals surface area contributed by atoms with Gasteiger partial charge in [-0.1, -0.05) is 29.8 Å². The van der Waals surface area contributed by atoms with E-state index in [1.807, 2.05) is 31.2 Å². The molecule has 0 heterocycles. The monoisotopic (exact) mass is 243 g/mol. The van der Waals surface area contributed by atoms with Crippen LogP contribution in [0.25, 0.3) is 0 Å². The van der Waals surface area contributed by atoms with Crippen LogP contribution in [0.2, 0.25) is 0 Å². The van der Waals surface area contributed by atoms with E-state index in [0.29, 0.717) is 6.42 Å². The van der Waals surface area contributed by atoms with E-state index in [-0.39, 0.29) is 13.2 Å². The highest BCUT2D eigenvalue weighted by molar-refractivity contribution is 6.13. The normalized spacial score (nSPS) is 11.8. The number of aliphatic hydroxyl groups is 2. The van der Waals surface area contributed by atoms with E-state index in [4.69, 9.17) is 11.8 Å². The molecule has 0 radical (unpaired) electrons. The maximum absolute atomic E-state index is 9.19. The fourth-order valence-corrected chi connectivity index (χ4v) is 1.67.